The summed E-state index contributed by atoms with van der Waals surface area (Å²) in [5.74, 6) is 0.764. The molecule has 0 unspecified atom stereocenters. The number of rotatable bonds is 8. The van der Waals surface area contributed by atoms with E-state index in [9.17, 15) is 14.0 Å². The number of hydrogen-bond acceptors (Lipinski definition) is 8. The van der Waals surface area contributed by atoms with Crippen LogP contribution in [0.3, 0.4) is 0 Å². The van der Waals surface area contributed by atoms with E-state index in [1.807, 2.05) is 6.92 Å². The predicted octanol–water partition coefficient (Wildman–Crippen LogP) is 3.65. The Hall–Kier alpha value is -2.24. The third kappa shape index (κ3) is 6.12. The Bertz CT molecular complexity index is 1050. The SMILES string of the molecule is CCSc1nnc(NC(=O)Cc2c(C)nc(SCc3ccc(F)cc3)[nH]c2=O)s1. The van der Waals surface area contributed by atoms with Crippen molar-refractivity contribution in [2.24, 2.45) is 0 Å². The topological polar surface area (TPSA) is 101 Å². The van der Waals surface area contributed by atoms with Gasteiger partial charge in [0.2, 0.25) is 11.0 Å². The highest BCUT2D eigenvalue weighted by molar-refractivity contribution is 8.01. The molecule has 2 N–H and O–H groups in total. The Morgan fingerprint density at radius 1 is 1.24 bits per heavy atom. The van der Waals surface area contributed by atoms with Crippen LogP contribution < -0.4 is 10.9 Å². The molecular weight excluding hydrogens is 433 g/mol. The first-order valence-corrected chi connectivity index (χ1v) is 11.5. The fourth-order valence-electron chi connectivity index (χ4n) is 2.36. The van der Waals surface area contributed by atoms with E-state index >= 15 is 0 Å². The Kier molecular flexibility index (Phi) is 7.40. The lowest BCUT2D eigenvalue weighted by molar-refractivity contribution is -0.115. The number of anilines is 1. The quantitative estimate of drug-likeness (QED) is 0.306. The van der Waals surface area contributed by atoms with Crippen LogP contribution in [0.4, 0.5) is 9.52 Å². The fraction of sp³-hybridized carbons (Fsp3) is 0.278. The molecule has 0 saturated carbocycles. The van der Waals surface area contributed by atoms with E-state index in [4.69, 9.17) is 0 Å². The van der Waals surface area contributed by atoms with Crippen LogP contribution in [-0.2, 0) is 17.0 Å². The number of carbonyl (C=O) groups is 1. The molecule has 3 rings (SSSR count). The Morgan fingerprint density at radius 3 is 2.69 bits per heavy atom. The van der Waals surface area contributed by atoms with Gasteiger partial charge in [-0.2, -0.15) is 0 Å². The van der Waals surface area contributed by atoms with E-state index in [0.717, 1.165) is 15.7 Å². The van der Waals surface area contributed by atoms with Crippen molar-refractivity contribution < 1.29 is 9.18 Å². The molecule has 1 aromatic carbocycles. The number of hydrogen-bond donors (Lipinski definition) is 2. The number of halogens is 1. The van der Waals surface area contributed by atoms with Gasteiger partial charge in [-0.1, -0.05) is 53.9 Å². The van der Waals surface area contributed by atoms with Crippen molar-refractivity contribution in [3.05, 3.63) is 57.3 Å². The van der Waals surface area contributed by atoms with E-state index in [2.05, 4.69) is 25.5 Å². The highest BCUT2D eigenvalue weighted by Gasteiger charge is 2.15. The molecule has 0 radical (unpaired) electrons. The normalized spacial score (nSPS) is 10.9. The molecule has 0 spiro atoms. The lowest BCUT2D eigenvalue weighted by Gasteiger charge is -2.07. The van der Waals surface area contributed by atoms with Crippen molar-refractivity contribution in [2.45, 2.75) is 35.5 Å². The number of H-pyrrole nitrogens is 1. The van der Waals surface area contributed by atoms with E-state index in [-0.39, 0.29) is 23.7 Å². The van der Waals surface area contributed by atoms with Gasteiger partial charge in [0.25, 0.3) is 5.56 Å². The number of aryl methyl sites for hydroxylation is 1. The lowest BCUT2D eigenvalue weighted by Crippen LogP contribution is -2.23. The van der Waals surface area contributed by atoms with E-state index < -0.39 is 0 Å². The standard InChI is InChI=1S/C18H18FN5O2S3/c1-3-27-18-24-23-17(29-18)21-14(25)8-13-10(2)20-16(22-15(13)26)28-9-11-4-6-12(19)7-5-11/h4-7H,3,8-9H2,1-2H3,(H,20,22,26)(H,21,23,25). The molecule has 0 aliphatic heterocycles. The third-order valence-electron chi connectivity index (χ3n) is 3.75. The monoisotopic (exact) mass is 451 g/mol. The molecule has 0 atom stereocenters. The molecular formula is C18H18FN5O2S3. The van der Waals surface area contributed by atoms with Gasteiger partial charge in [0.15, 0.2) is 9.50 Å². The average molecular weight is 452 g/mol. The van der Waals surface area contributed by atoms with Crippen LogP contribution in [0, 0.1) is 12.7 Å². The molecule has 0 bridgehead atoms. The number of nitrogens with one attached hydrogen (secondary N) is 2. The maximum atomic E-state index is 13.0. The van der Waals surface area contributed by atoms with Crippen LogP contribution in [0.15, 0.2) is 38.6 Å². The molecule has 0 fully saturated rings. The zero-order valence-corrected chi connectivity index (χ0v) is 18.1. The summed E-state index contributed by atoms with van der Waals surface area (Å²) in [5, 5.41) is 11.4. The summed E-state index contributed by atoms with van der Waals surface area (Å²) in [6, 6.07) is 6.15. The van der Waals surface area contributed by atoms with Gasteiger partial charge in [0, 0.05) is 17.0 Å². The maximum Gasteiger partial charge on any atom is 0.255 e. The first kappa shape index (κ1) is 21.5. The van der Waals surface area contributed by atoms with Crippen LogP contribution in [0.5, 0.6) is 0 Å². The Labute approximate surface area is 179 Å². The molecule has 0 aliphatic carbocycles. The Morgan fingerprint density at radius 2 is 2.00 bits per heavy atom. The first-order chi connectivity index (χ1) is 13.9. The van der Waals surface area contributed by atoms with Gasteiger partial charge >= 0.3 is 0 Å². The smallest absolute Gasteiger partial charge is 0.255 e. The minimum atomic E-state index is -0.353. The number of carbonyl (C=O) groups excluding carboxylic acids is 1. The van der Waals surface area contributed by atoms with Gasteiger partial charge in [0.1, 0.15) is 5.82 Å². The van der Waals surface area contributed by atoms with Crippen molar-refractivity contribution in [1.29, 1.82) is 0 Å². The molecule has 3 aromatic rings. The van der Waals surface area contributed by atoms with Gasteiger partial charge in [0.05, 0.1) is 6.42 Å². The summed E-state index contributed by atoms with van der Waals surface area (Å²) in [6.07, 6.45) is -0.104. The first-order valence-electron chi connectivity index (χ1n) is 8.67. The van der Waals surface area contributed by atoms with Gasteiger partial charge in [-0.05, 0) is 30.4 Å². The van der Waals surface area contributed by atoms with Crippen molar-refractivity contribution in [1.82, 2.24) is 20.2 Å². The Balaban J connectivity index is 1.62. The molecule has 0 aliphatic rings. The summed E-state index contributed by atoms with van der Waals surface area (Å²) >= 11 is 4.17. The highest BCUT2D eigenvalue weighted by Crippen LogP contribution is 2.25. The molecule has 2 heterocycles. The number of aromatic nitrogens is 4. The van der Waals surface area contributed by atoms with E-state index in [1.165, 1.54) is 35.2 Å². The van der Waals surface area contributed by atoms with Crippen molar-refractivity contribution >= 4 is 45.9 Å². The van der Waals surface area contributed by atoms with Gasteiger partial charge in [-0.25, -0.2) is 9.37 Å². The zero-order chi connectivity index (χ0) is 20.8. The zero-order valence-electron chi connectivity index (χ0n) is 15.7. The summed E-state index contributed by atoms with van der Waals surface area (Å²) in [6.45, 7) is 3.70. The molecule has 2 aromatic heterocycles. The van der Waals surface area contributed by atoms with Crippen LogP contribution in [0.25, 0.3) is 0 Å². The average Bonchev–Trinajstić information content (AvgIpc) is 3.11. The number of thioether (sulfide) groups is 2. The minimum absolute atomic E-state index is 0.104. The van der Waals surface area contributed by atoms with Crippen molar-refractivity contribution in [3.8, 4) is 0 Å². The second kappa shape index (κ2) is 9.99. The third-order valence-corrected chi connectivity index (χ3v) is 6.55. The van der Waals surface area contributed by atoms with E-state index in [1.54, 1.807) is 30.8 Å². The van der Waals surface area contributed by atoms with Crippen LogP contribution in [0.2, 0.25) is 0 Å². The number of aromatic amines is 1. The molecule has 29 heavy (non-hydrogen) atoms. The second-order valence-corrected chi connectivity index (χ2v) is 9.33. The summed E-state index contributed by atoms with van der Waals surface area (Å²) < 4.78 is 13.7. The van der Waals surface area contributed by atoms with Crippen LogP contribution in [-0.4, -0.2) is 31.8 Å². The van der Waals surface area contributed by atoms with Crippen LogP contribution in [0.1, 0.15) is 23.7 Å². The molecule has 0 saturated heterocycles. The number of amides is 1. The molecule has 11 heteroatoms. The molecule has 152 valence electrons. The van der Waals surface area contributed by atoms with Gasteiger partial charge < -0.3 is 10.3 Å². The minimum Gasteiger partial charge on any atom is -0.301 e. The van der Waals surface area contributed by atoms with Gasteiger partial charge in [-0.15, -0.1) is 10.2 Å². The molecule has 1 amide bonds. The molecule has 7 nitrogen and oxygen atoms in total. The summed E-state index contributed by atoms with van der Waals surface area (Å²) in [5.41, 5.74) is 1.36. The highest BCUT2D eigenvalue weighted by atomic mass is 32.2. The fourth-order valence-corrected chi connectivity index (χ4v) is 4.89. The predicted molar refractivity (Wildman–Crippen MR) is 114 cm³/mol. The van der Waals surface area contributed by atoms with Crippen molar-refractivity contribution in [3.63, 3.8) is 0 Å². The largest absolute Gasteiger partial charge is 0.301 e. The van der Waals surface area contributed by atoms with E-state index in [0.29, 0.717) is 27.3 Å². The van der Waals surface area contributed by atoms with Crippen LogP contribution >= 0.6 is 34.9 Å². The maximum absolute atomic E-state index is 13.0. The van der Waals surface area contributed by atoms with Gasteiger partial charge in [-0.3, -0.25) is 9.59 Å². The number of benzene rings is 1. The number of nitrogens with zero attached hydrogens (tertiary/aromatic N) is 3. The summed E-state index contributed by atoms with van der Waals surface area (Å²) in [4.78, 5) is 31.8. The second-order valence-electron chi connectivity index (χ2n) is 5.88. The lowest BCUT2D eigenvalue weighted by atomic mass is 10.1. The van der Waals surface area contributed by atoms with Crippen molar-refractivity contribution in [2.75, 3.05) is 11.1 Å². The summed E-state index contributed by atoms with van der Waals surface area (Å²) in [7, 11) is 0.